The molecule has 1 heterocycles. The van der Waals surface area contributed by atoms with E-state index in [1.54, 1.807) is 0 Å². The highest BCUT2D eigenvalue weighted by molar-refractivity contribution is 4.91. The molecule has 16 heavy (non-hydrogen) atoms. The number of hydrogen-bond acceptors (Lipinski definition) is 3. The van der Waals surface area contributed by atoms with Crippen LogP contribution >= 0.6 is 0 Å². The summed E-state index contributed by atoms with van der Waals surface area (Å²) in [6.45, 7) is 9.15. The fraction of sp³-hybridized carbons (Fsp3) is 0.923. The van der Waals surface area contributed by atoms with Gasteiger partial charge in [0, 0.05) is 13.1 Å². The van der Waals surface area contributed by atoms with Crippen LogP contribution in [0.3, 0.4) is 0 Å². The fourth-order valence-electron chi connectivity index (χ4n) is 2.22. The summed E-state index contributed by atoms with van der Waals surface area (Å²) in [5.74, 6) is 0.387. The Morgan fingerprint density at radius 2 is 2.19 bits per heavy atom. The molecule has 0 aliphatic carbocycles. The number of aliphatic hydroxyl groups excluding tert-OH is 1. The van der Waals surface area contributed by atoms with Gasteiger partial charge in [-0.25, -0.2) is 0 Å². The third kappa shape index (κ3) is 4.11. The second-order valence-corrected chi connectivity index (χ2v) is 5.73. The summed E-state index contributed by atoms with van der Waals surface area (Å²) < 4.78 is 0. The number of nitrogens with zero attached hydrogens (tertiary/aromatic N) is 2. The Labute approximate surface area is 99.1 Å². The number of hydrogen-bond donors (Lipinski definition) is 1. The first kappa shape index (κ1) is 13.5. The van der Waals surface area contributed by atoms with E-state index in [4.69, 9.17) is 5.26 Å². The van der Waals surface area contributed by atoms with Gasteiger partial charge in [0.25, 0.3) is 0 Å². The molecule has 0 radical (unpaired) electrons. The molecule has 2 unspecified atom stereocenters. The molecule has 1 aliphatic rings. The lowest BCUT2D eigenvalue weighted by Gasteiger charge is -2.34. The highest BCUT2D eigenvalue weighted by atomic mass is 16.3. The zero-order chi connectivity index (χ0) is 12.2. The first-order valence-electron chi connectivity index (χ1n) is 6.26. The van der Waals surface area contributed by atoms with Crippen LogP contribution in [0.2, 0.25) is 0 Å². The largest absolute Gasteiger partial charge is 0.393 e. The van der Waals surface area contributed by atoms with Crippen molar-refractivity contribution in [3.63, 3.8) is 0 Å². The molecule has 3 heteroatoms. The molecule has 0 aromatic heterocycles. The molecular formula is C13H24N2O. The van der Waals surface area contributed by atoms with Crippen molar-refractivity contribution in [1.82, 2.24) is 4.90 Å². The zero-order valence-corrected chi connectivity index (χ0v) is 10.7. The Hall–Kier alpha value is -0.590. The number of aliphatic hydroxyl groups is 1. The van der Waals surface area contributed by atoms with Crippen molar-refractivity contribution >= 4 is 0 Å². The van der Waals surface area contributed by atoms with Crippen molar-refractivity contribution in [3.05, 3.63) is 0 Å². The first-order valence-corrected chi connectivity index (χ1v) is 6.26. The van der Waals surface area contributed by atoms with E-state index in [2.05, 4.69) is 17.9 Å². The first-order chi connectivity index (χ1) is 7.44. The van der Waals surface area contributed by atoms with Gasteiger partial charge >= 0.3 is 0 Å². The van der Waals surface area contributed by atoms with Crippen molar-refractivity contribution in [3.8, 4) is 6.07 Å². The lowest BCUT2D eigenvalue weighted by Crippen LogP contribution is -2.42. The molecule has 1 saturated heterocycles. The van der Waals surface area contributed by atoms with E-state index in [0.717, 1.165) is 38.9 Å². The quantitative estimate of drug-likeness (QED) is 0.794. The average Bonchev–Trinajstić information content (AvgIpc) is 2.23. The van der Waals surface area contributed by atoms with Crippen molar-refractivity contribution in [2.75, 3.05) is 19.6 Å². The molecule has 1 N–H and O–H groups in total. The number of nitriles is 1. The summed E-state index contributed by atoms with van der Waals surface area (Å²) in [7, 11) is 0. The minimum Gasteiger partial charge on any atom is -0.393 e. The molecule has 2 atom stereocenters. The molecule has 1 rings (SSSR count). The molecule has 1 aliphatic heterocycles. The normalized spacial score (nSPS) is 27.7. The van der Waals surface area contributed by atoms with Gasteiger partial charge in [-0.2, -0.15) is 5.26 Å². The summed E-state index contributed by atoms with van der Waals surface area (Å²) in [5, 5.41) is 18.5. The molecule has 0 spiro atoms. The van der Waals surface area contributed by atoms with Crippen molar-refractivity contribution in [2.45, 2.75) is 46.1 Å². The van der Waals surface area contributed by atoms with Gasteiger partial charge in [0.05, 0.1) is 17.6 Å². The number of likely N-dealkylation sites (tertiary alicyclic amines) is 1. The van der Waals surface area contributed by atoms with Crippen molar-refractivity contribution in [2.24, 2.45) is 11.3 Å². The predicted octanol–water partition coefficient (Wildman–Crippen LogP) is 2.02. The van der Waals surface area contributed by atoms with Crippen LogP contribution < -0.4 is 0 Å². The summed E-state index contributed by atoms with van der Waals surface area (Å²) in [4.78, 5) is 2.41. The van der Waals surface area contributed by atoms with Gasteiger partial charge in [-0.15, -0.1) is 0 Å². The van der Waals surface area contributed by atoms with Crippen LogP contribution in [0.1, 0.15) is 40.0 Å². The molecule has 0 bridgehead atoms. The Morgan fingerprint density at radius 3 is 2.75 bits per heavy atom. The van der Waals surface area contributed by atoms with Gasteiger partial charge in [-0.05, 0) is 45.6 Å². The van der Waals surface area contributed by atoms with E-state index in [0.29, 0.717) is 5.92 Å². The highest BCUT2D eigenvalue weighted by Crippen LogP contribution is 2.22. The van der Waals surface area contributed by atoms with Crippen LogP contribution in [0.5, 0.6) is 0 Å². The minimum atomic E-state index is -0.194. The van der Waals surface area contributed by atoms with E-state index >= 15 is 0 Å². The molecule has 92 valence electrons. The molecule has 0 saturated carbocycles. The van der Waals surface area contributed by atoms with Gasteiger partial charge in [-0.3, -0.25) is 0 Å². The van der Waals surface area contributed by atoms with Gasteiger partial charge in [0.2, 0.25) is 0 Å². The second-order valence-electron chi connectivity index (χ2n) is 5.73. The van der Waals surface area contributed by atoms with Gasteiger partial charge in [0.1, 0.15) is 0 Å². The third-order valence-electron chi connectivity index (χ3n) is 3.52. The van der Waals surface area contributed by atoms with Crippen LogP contribution in [0.4, 0.5) is 0 Å². The van der Waals surface area contributed by atoms with Gasteiger partial charge < -0.3 is 10.0 Å². The maximum atomic E-state index is 9.62. The molecule has 3 nitrogen and oxygen atoms in total. The Morgan fingerprint density at radius 1 is 1.50 bits per heavy atom. The Bertz CT molecular complexity index is 257. The predicted molar refractivity (Wildman–Crippen MR) is 64.9 cm³/mol. The molecular weight excluding hydrogens is 200 g/mol. The minimum absolute atomic E-state index is 0.119. The lowest BCUT2D eigenvalue weighted by atomic mass is 9.89. The smallest absolute Gasteiger partial charge is 0.0683 e. The fourth-order valence-corrected chi connectivity index (χ4v) is 2.22. The molecule has 1 fully saturated rings. The van der Waals surface area contributed by atoms with Crippen molar-refractivity contribution < 1.29 is 5.11 Å². The number of rotatable bonds is 4. The standard InChI is InChI=1S/C13H24N2O/c1-11-9-15(8-5-12(11)16)7-4-6-13(2,3)10-14/h11-12,16H,4-9H2,1-3H3. The van der Waals surface area contributed by atoms with E-state index in [1.165, 1.54) is 0 Å². The van der Waals surface area contributed by atoms with Gasteiger partial charge in [-0.1, -0.05) is 6.92 Å². The molecule has 0 aromatic carbocycles. The summed E-state index contributed by atoms with van der Waals surface area (Å²) in [5.41, 5.74) is -0.194. The maximum absolute atomic E-state index is 9.62. The van der Waals surface area contributed by atoms with Crippen LogP contribution in [-0.2, 0) is 0 Å². The van der Waals surface area contributed by atoms with E-state index in [-0.39, 0.29) is 11.5 Å². The van der Waals surface area contributed by atoms with Crippen molar-refractivity contribution in [1.29, 1.82) is 5.26 Å². The second kappa shape index (κ2) is 5.65. The van der Waals surface area contributed by atoms with Gasteiger partial charge in [0.15, 0.2) is 0 Å². The lowest BCUT2D eigenvalue weighted by molar-refractivity contribution is 0.0339. The average molecular weight is 224 g/mol. The van der Waals surface area contributed by atoms with Crippen LogP contribution in [0.25, 0.3) is 0 Å². The molecule has 0 aromatic rings. The third-order valence-corrected chi connectivity index (χ3v) is 3.52. The van der Waals surface area contributed by atoms with E-state index in [1.807, 2.05) is 13.8 Å². The Balaban J connectivity index is 2.22. The zero-order valence-electron chi connectivity index (χ0n) is 10.7. The van der Waals surface area contributed by atoms with E-state index in [9.17, 15) is 5.11 Å². The SMILES string of the molecule is CC1CN(CCCC(C)(C)C#N)CCC1O. The summed E-state index contributed by atoms with van der Waals surface area (Å²) in [6, 6.07) is 2.34. The Kier molecular flexibility index (Phi) is 4.76. The monoisotopic (exact) mass is 224 g/mol. The topological polar surface area (TPSA) is 47.3 Å². The maximum Gasteiger partial charge on any atom is 0.0683 e. The number of piperidine rings is 1. The molecule has 0 amide bonds. The summed E-state index contributed by atoms with van der Waals surface area (Å²) in [6.07, 6.45) is 2.80. The van der Waals surface area contributed by atoms with Crippen LogP contribution in [0.15, 0.2) is 0 Å². The summed E-state index contributed by atoms with van der Waals surface area (Å²) >= 11 is 0. The van der Waals surface area contributed by atoms with E-state index < -0.39 is 0 Å². The van der Waals surface area contributed by atoms with Crippen LogP contribution in [-0.4, -0.2) is 35.7 Å². The van der Waals surface area contributed by atoms with Crippen LogP contribution in [0, 0.1) is 22.7 Å². The highest BCUT2D eigenvalue weighted by Gasteiger charge is 2.24.